The van der Waals surface area contributed by atoms with Crippen molar-refractivity contribution in [2.45, 2.75) is 19.5 Å². The maximum absolute atomic E-state index is 12.0. The van der Waals surface area contributed by atoms with E-state index in [-0.39, 0.29) is 11.9 Å². The molecule has 5 nitrogen and oxygen atoms in total. The fourth-order valence-corrected chi connectivity index (χ4v) is 2.68. The second-order valence-electron chi connectivity index (χ2n) is 5.53. The minimum atomic E-state index is -0.209. The molecule has 0 aliphatic heterocycles. The summed E-state index contributed by atoms with van der Waals surface area (Å²) < 4.78 is 1.82. The first-order valence-corrected chi connectivity index (χ1v) is 7.22. The third-order valence-electron chi connectivity index (χ3n) is 3.76. The first kappa shape index (κ1) is 15.8. The van der Waals surface area contributed by atoms with Gasteiger partial charge < -0.3 is 4.90 Å². The quantitative estimate of drug-likeness (QED) is 0.869. The molecule has 114 valence electrons. The lowest BCUT2D eigenvalue weighted by molar-refractivity contribution is -0.133. The number of amides is 1. The smallest absolute Gasteiger partial charge is 0.239 e. The number of halogens is 1. The van der Waals surface area contributed by atoms with Crippen LogP contribution in [0.4, 0.5) is 0 Å². The minimum absolute atomic E-state index is 0.0730. The van der Waals surface area contributed by atoms with Crippen molar-refractivity contribution in [1.82, 2.24) is 19.6 Å². The van der Waals surface area contributed by atoms with E-state index in [1.54, 1.807) is 19.0 Å². The van der Waals surface area contributed by atoms with Crippen LogP contribution in [0.3, 0.4) is 0 Å². The van der Waals surface area contributed by atoms with Crippen LogP contribution in [0.2, 0.25) is 5.02 Å². The number of likely N-dealkylation sites (N-methyl/N-ethyl adjacent to an activating group) is 2. The molecule has 21 heavy (non-hydrogen) atoms. The van der Waals surface area contributed by atoms with Crippen LogP contribution in [0.15, 0.2) is 18.2 Å². The molecule has 0 spiro atoms. The summed E-state index contributed by atoms with van der Waals surface area (Å²) in [6.45, 7) is 2.47. The van der Waals surface area contributed by atoms with Crippen molar-refractivity contribution < 1.29 is 4.79 Å². The van der Waals surface area contributed by atoms with Crippen LogP contribution in [0.5, 0.6) is 0 Å². The van der Waals surface area contributed by atoms with Gasteiger partial charge in [0.05, 0.1) is 22.3 Å². The van der Waals surface area contributed by atoms with Gasteiger partial charge in [0, 0.05) is 33.1 Å². The summed E-state index contributed by atoms with van der Waals surface area (Å²) in [5.41, 5.74) is 1.89. The number of nitrogens with zero attached hydrogens (tertiary/aromatic N) is 4. The number of carbonyl (C=O) groups excluding carboxylic acids is 1. The Labute approximate surface area is 130 Å². The third-order valence-corrected chi connectivity index (χ3v) is 4.07. The van der Waals surface area contributed by atoms with E-state index in [1.807, 2.05) is 48.8 Å². The maximum Gasteiger partial charge on any atom is 0.239 e. The van der Waals surface area contributed by atoms with Gasteiger partial charge in [-0.25, -0.2) is 0 Å². The van der Waals surface area contributed by atoms with Gasteiger partial charge in [0.15, 0.2) is 0 Å². The topological polar surface area (TPSA) is 41.4 Å². The summed E-state index contributed by atoms with van der Waals surface area (Å²) in [5, 5.41) is 6.19. The number of hydrogen-bond donors (Lipinski definition) is 0. The number of aromatic nitrogens is 2. The fraction of sp³-hybridized carbons (Fsp3) is 0.467. The van der Waals surface area contributed by atoms with Crippen LogP contribution >= 0.6 is 11.6 Å². The SMILES string of the molecule is CC(C(=O)N(C)C)N(C)Cc1nn(C)c2cccc(Cl)c12. The van der Waals surface area contributed by atoms with Crippen molar-refractivity contribution in [1.29, 1.82) is 0 Å². The Morgan fingerprint density at radius 2 is 2.05 bits per heavy atom. The lowest BCUT2D eigenvalue weighted by atomic mass is 10.2. The molecule has 1 aromatic carbocycles. The molecule has 1 amide bonds. The first-order chi connectivity index (χ1) is 9.82. The van der Waals surface area contributed by atoms with Crippen LogP contribution in [0.1, 0.15) is 12.6 Å². The van der Waals surface area contributed by atoms with Crippen LogP contribution in [0.25, 0.3) is 10.9 Å². The normalized spacial score (nSPS) is 12.9. The van der Waals surface area contributed by atoms with Crippen molar-refractivity contribution in [2.24, 2.45) is 7.05 Å². The molecule has 1 aromatic heterocycles. The van der Waals surface area contributed by atoms with Gasteiger partial charge in [-0.05, 0) is 26.1 Å². The van der Waals surface area contributed by atoms with E-state index in [0.717, 1.165) is 16.6 Å². The number of rotatable bonds is 4. The Morgan fingerprint density at radius 1 is 1.38 bits per heavy atom. The highest BCUT2D eigenvalue weighted by molar-refractivity contribution is 6.35. The molecule has 0 N–H and O–H groups in total. The highest BCUT2D eigenvalue weighted by Crippen LogP contribution is 2.27. The second-order valence-corrected chi connectivity index (χ2v) is 5.94. The lowest BCUT2D eigenvalue weighted by Crippen LogP contribution is -2.42. The van der Waals surface area contributed by atoms with Gasteiger partial charge in [0.1, 0.15) is 0 Å². The molecular weight excluding hydrogens is 288 g/mol. The summed E-state index contributed by atoms with van der Waals surface area (Å²) in [6, 6.07) is 5.56. The summed E-state index contributed by atoms with van der Waals surface area (Å²) in [4.78, 5) is 15.6. The van der Waals surface area contributed by atoms with Gasteiger partial charge >= 0.3 is 0 Å². The van der Waals surface area contributed by atoms with E-state index in [9.17, 15) is 4.79 Å². The molecule has 0 saturated heterocycles. The molecule has 0 fully saturated rings. The zero-order valence-corrected chi connectivity index (χ0v) is 13.8. The van der Waals surface area contributed by atoms with E-state index >= 15 is 0 Å². The highest BCUT2D eigenvalue weighted by Gasteiger charge is 2.22. The molecule has 2 aromatic rings. The molecule has 1 heterocycles. The Kier molecular flexibility index (Phi) is 4.54. The average molecular weight is 309 g/mol. The second kappa shape index (κ2) is 6.03. The molecule has 2 rings (SSSR count). The van der Waals surface area contributed by atoms with Gasteiger partial charge in [-0.2, -0.15) is 5.10 Å². The van der Waals surface area contributed by atoms with Crippen molar-refractivity contribution in [2.75, 3.05) is 21.1 Å². The number of aryl methyl sites for hydroxylation is 1. The monoisotopic (exact) mass is 308 g/mol. The van der Waals surface area contributed by atoms with Gasteiger partial charge in [0.2, 0.25) is 5.91 Å². The zero-order valence-electron chi connectivity index (χ0n) is 13.1. The summed E-state index contributed by atoms with van der Waals surface area (Å²) in [7, 11) is 7.35. The van der Waals surface area contributed by atoms with Crippen LogP contribution in [0, 0.1) is 0 Å². The van der Waals surface area contributed by atoms with Gasteiger partial charge in [0.25, 0.3) is 0 Å². The van der Waals surface area contributed by atoms with Crippen LogP contribution in [-0.2, 0) is 18.4 Å². The number of hydrogen-bond acceptors (Lipinski definition) is 3. The molecule has 1 atom stereocenters. The molecule has 1 unspecified atom stereocenters. The first-order valence-electron chi connectivity index (χ1n) is 6.84. The number of carbonyl (C=O) groups is 1. The predicted molar refractivity (Wildman–Crippen MR) is 85.3 cm³/mol. The standard InChI is InChI=1S/C15H21ClN4O/c1-10(15(21)18(2)3)19(4)9-12-14-11(16)7-6-8-13(14)20(5)17-12/h6-8,10H,9H2,1-5H3. The van der Waals surface area contributed by atoms with E-state index in [2.05, 4.69) is 5.10 Å². The Hall–Kier alpha value is -1.59. The number of benzene rings is 1. The summed E-state index contributed by atoms with van der Waals surface area (Å²) >= 11 is 6.30. The Bertz CT molecular complexity index is 665. The maximum atomic E-state index is 12.0. The number of fused-ring (bicyclic) bond motifs is 1. The molecule has 0 aliphatic rings. The third kappa shape index (κ3) is 3.04. The lowest BCUT2D eigenvalue weighted by Gasteiger charge is -2.25. The van der Waals surface area contributed by atoms with Crippen LogP contribution < -0.4 is 0 Å². The molecule has 0 aliphatic carbocycles. The molecule has 0 saturated carbocycles. The van der Waals surface area contributed by atoms with Crippen molar-refractivity contribution in [3.8, 4) is 0 Å². The zero-order chi connectivity index (χ0) is 15.7. The van der Waals surface area contributed by atoms with Gasteiger partial charge in [-0.1, -0.05) is 17.7 Å². The highest BCUT2D eigenvalue weighted by atomic mass is 35.5. The van der Waals surface area contributed by atoms with Gasteiger partial charge in [-0.15, -0.1) is 0 Å². The molecule has 0 bridgehead atoms. The minimum Gasteiger partial charge on any atom is -0.347 e. The average Bonchev–Trinajstić information content (AvgIpc) is 2.75. The molecular formula is C15H21ClN4O. The van der Waals surface area contributed by atoms with E-state index in [1.165, 1.54) is 0 Å². The van der Waals surface area contributed by atoms with Crippen molar-refractivity contribution in [3.05, 3.63) is 28.9 Å². The van der Waals surface area contributed by atoms with Gasteiger partial charge in [-0.3, -0.25) is 14.4 Å². The predicted octanol–water partition coefficient (Wildman–Crippen LogP) is 2.14. The van der Waals surface area contributed by atoms with E-state index < -0.39 is 0 Å². The van der Waals surface area contributed by atoms with E-state index in [4.69, 9.17) is 11.6 Å². The van der Waals surface area contributed by atoms with E-state index in [0.29, 0.717) is 11.6 Å². The Balaban J connectivity index is 2.30. The summed E-state index contributed by atoms with van der Waals surface area (Å²) in [6.07, 6.45) is 0. The van der Waals surface area contributed by atoms with Crippen molar-refractivity contribution >= 4 is 28.4 Å². The molecule has 6 heteroatoms. The largest absolute Gasteiger partial charge is 0.347 e. The van der Waals surface area contributed by atoms with Crippen molar-refractivity contribution in [3.63, 3.8) is 0 Å². The Morgan fingerprint density at radius 3 is 2.67 bits per heavy atom. The van der Waals surface area contributed by atoms with Crippen LogP contribution in [-0.4, -0.2) is 52.7 Å². The molecule has 0 radical (unpaired) electrons. The fourth-order valence-electron chi connectivity index (χ4n) is 2.40. The summed E-state index contributed by atoms with van der Waals surface area (Å²) in [5.74, 6) is 0.0730.